The van der Waals surface area contributed by atoms with Crippen LogP contribution in [0.2, 0.25) is 0 Å². The van der Waals surface area contributed by atoms with Gasteiger partial charge < -0.3 is 19.5 Å². The van der Waals surface area contributed by atoms with E-state index in [9.17, 15) is 0 Å². The Bertz CT molecular complexity index is 676. The van der Waals surface area contributed by atoms with E-state index in [1.54, 1.807) is 0 Å². The molecular weight excluding hydrogens is 302 g/mol. The predicted molar refractivity (Wildman–Crippen MR) is 92.5 cm³/mol. The molecule has 24 heavy (non-hydrogen) atoms. The number of fused-ring (bicyclic) bond motifs is 2. The van der Waals surface area contributed by atoms with Gasteiger partial charge in [-0.05, 0) is 43.0 Å². The molecule has 2 aromatic carbocycles. The summed E-state index contributed by atoms with van der Waals surface area (Å²) >= 11 is 0. The van der Waals surface area contributed by atoms with Gasteiger partial charge in [0.05, 0.1) is 13.2 Å². The van der Waals surface area contributed by atoms with E-state index in [-0.39, 0.29) is 0 Å². The van der Waals surface area contributed by atoms with Crippen LogP contribution in [-0.4, -0.2) is 26.0 Å². The molecule has 0 spiro atoms. The van der Waals surface area contributed by atoms with Crippen LogP contribution in [0.25, 0.3) is 0 Å². The van der Waals surface area contributed by atoms with Crippen LogP contribution in [0.4, 0.5) is 0 Å². The highest BCUT2D eigenvalue weighted by Crippen LogP contribution is 2.34. The zero-order valence-corrected chi connectivity index (χ0v) is 13.8. The molecule has 4 nitrogen and oxygen atoms in total. The molecule has 0 amide bonds. The van der Waals surface area contributed by atoms with Crippen molar-refractivity contribution in [2.45, 2.75) is 31.9 Å². The lowest BCUT2D eigenvalue weighted by Crippen LogP contribution is -2.31. The van der Waals surface area contributed by atoms with E-state index in [0.717, 1.165) is 42.9 Å². The zero-order chi connectivity index (χ0) is 16.2. The minimum Gasteiger partial charge on any atom is -0.490 e. The molecule has 1 aliphatic carbocycles. The lowest BCUT2D eigenvalue weighted by atomic mass is 10.1. The molecule has 2 aromatic rings. The quantitative estimate of drug-likeness (QED) is 0.829. The largest absolute Gasteiger partial charge is 0.490 e. The number of hydrogen-bond donors (Lipinski definition) is 1. The van der Waals surface area contributed by atoms with E-state index in [2.05, 4.69) is 29.6 Å². The van der Waals surface area contributed by atoms with Crippen LogP contribution in [0, 0.1) is 0 Å². The van der Waals surface area contributed by atoms with Crippen LogP contribution in [-0.2, 0) is 24.2 Å². The van der Waals surface area contributed by atoms with Crippen molar-refractivity contribution in [1.82, 2.24) is 5.32 Å². The molecule has 1 aliphatic heterocycles. The van der Waals surface area contributed by atoms with Crippen molar-refractivity contribution in [1.29, 1.82) is 0 Å². The monoisotopic (exact) mass is 325 g/mol. The fourth-order valence-corrected chi connectivity index (χ4v) is 3.47. The van der Waals surface area contributed by atoms with Crippen molar-refractivity contribution in [2.75, 3.05) is 19.9 Å². The van der Waals surface area contributed by atoms with Crippen LogP contribution in [0.15, 0.2) is 42.5 Å². The number of nitrogens with one attached hydrogen (secondary N) is 1. The Morgan fingerprint density at radius 2 is 1.79 bits per heavy atom. The molecule has 126 valence electrons. The first kappa shape index (κ1) is 15.5. The average Bonchev–Trinajstić information content (AvgIpc) is 3.04. The topological polar surface area (TPSA) is 39.7 Å². The number of benzene rings is 2. The molecule has 1 heterocycles. The molecule has 0 saturated carbocycles. The SMILES string of the molecule is c1ccc2c(c1)CC(NCCCOc1cccc3c1OCOC3)C2. The highest BCUT2D eigenvalue weighted by molar-refractivity contribution is 5.46. The second-order valence-corrected chi connectivity index (χ2v) is 6.39. The Morgan fingerprint density at radius 1 is 1.00 bits per heavy atom. The van der Waals surface area contributed by atoms with Gasteiger partial charge in [0, 0.05) is 11.6 Å². The van der Waals surface area contributed by atoms with Crippen LogP contribution in [0.5, 0.6) is 11.5 Å². The molecule has 0 fully saturated rings. The normalized spacial score (nSPS) is 16.3. The van der Waals surface area contributed by atoms with Gasteiger partial charge in [0.15, 0.2) is 18.3 Å². The number of hydrogen-bond acceptors (Lipinski definition) is 4. The molecular formula is C20H23NO3. The predicted octanol–water partition coefficient (Wildman–Crippen LogP) is 3.08. The first-order valence-corrected chi connectivity index (χ1v) is 8.65. The van der Waals surface area contributed by atoms with Crippen LogP contribution < -0.4 is 14.8 Å². The third-order valence-electron chi connectivity index (χ3n) is 4.67. The maximum absolute atomic E-state index is 5.91. The summed E-state index contributed by atoms with van der Waals surface area (Å²) in [5.74, 6) is 1.66. The maximum Gasteiger partial charge on any atom is 0.189 e. The minimum absolute atomic E-state index is 0.303. The van der Waals surface area contributed by atoms with Gasteiger partial charge in [-0.25, -0.2) is 0 Å². The Labute approximate surface area is 142 Å². The van der Waals surface area contributed by atoms with Crippen LogP contribution in [0.1, 0.15) is 23.1 Å². The smallest absolute Gasteiger partial charge is 0.189 e. The molecule has 0 atom stereocenters. The fraction of sp³-hybridized carbons (Fsp3) is 0.400. The van der Waals surface area contributed by atoms with Gasteiger partial charge in [0.25, 0.3) is 0 Å². The highest BCUT2D eigenvalue weighted by Gasteiger charge is 2.20. The van der Waals surface area contributed by atoms with Crippen molar-refractivity contribution in [3.8, 4) is 11.5 Å². The van der Waals surface area contributed by atoms with E-state index in [1.165, 1.54) is 11.1 Å². The number of ether oxygens (including phenoxy) is 3. The van der Waals surface area contributed by atoms with Crippen LogP contribution >= 0.6 is 0 Å². The van der Waals surface area contributed by atoms with Crippen molar-refractivity contribution in [3.63, 3.8) is 0 Å². The first-order chi connectivity index (χ1) is 11.9. The Balaban J connectivity index is 1.21. The van der Waals surface area contributed by atoms with Gasteiger partial charge in [0.1, 0.15) is 0 Å². The number of rotatable bonds is 6. The summed E-state index contributed by atoms with van der Waals surface area (Å²) in [6.07, 6.45) is 3.25. The summed E-state index contributed by atoms with van der Waals surface area (Å²) < 4.78 is 16.8. The molecule has 0 unspecified atom stereocenters. The second-order valence-electron chi connectivity index (χ2n) is 6.39. The van der Waals surface area contributed by atoms with Crippen molar-refractivity contribution in [3.05, 3.63) is 59.2 Å². The fourth-order valence-electron chi connectivity index (χ4n) is 3.47. The Morgan fingerprint density at radius 3 is 2.62 bits per heavy atom. The third-order valence-corrected chi connectivity index (χ3v) is 4.67. The summed E-state index contributed by atoms with van der Waals surface area (Å²) in [5.41, 5.74) is 4.03. The van der Waals surface area contributed by atoms with E-state index >= 15 is 0 Å². The van der Waals surface area contributed by atoms with E-state index in [0.29, 0.717) is 26.0 Å². The lowest BCUT2D eigenvalue weighted by Gasteiger charge is -2.20. The minimum atomic E-state index is 0.303. The molecule has 0 aromatic heterocycles. The third kappa shape index (κ3) is 3.40. The van der Waals surface area contributed by atoms with E-state index in [1.807, 2.05) is 18.2 Å². The first-order valence-electron chi connectivity index (χ1n) is 8.65. The van der Waals surface area contributed by atoms with Gasteiger partial charge in [-0.1, -0.05) is 36.4 Å². The molecule has 4 rings (SSSR count). The summed E-state index contributed by atoms with van der Waals surface area (Å²) in [6.45, 7) is 2.55. The van der Waals surface area contributed by atoms with Gasteiger partial charge in [-0.15, -0.1) is 0 Å². The van der Waals surface area contributed by atoms with Crippen LogP contribution in [0.3, 0.4) is 0 Å². The Hall–Kier alpha value is -2.04. The highest BCUT2D eigenvalue weighted by atomic mass is 16.7. The summed E-state index contributed by atoms with van der Waals surface area (Å²) in [7, 11) is 0. The average molecular weight is 325 g/mol. The lowest BCUT2D eigenvalue weighted by molar-refractivity contribution is -0.0183. The molecule has 0 bridgehead atoms. The van der Waals surface area contributed by atoms with E-state index < -0.39 is 0 Å². The maximum atomic E-state index is 5.91. The second kappa shape index (κ2) is 7.24. The van der Waals surface area contributed by atoms with E-state index in [4.69, 9.17) is 14.2 Å². The van der Waals surface area contributed by atoms with Crippen molar-refractivity contribution >= 4 is 0 Å². The van der Waals surface area contributed by atoms with Gasteiger partial charge in [0.2, 0.25) is 0 Å². The molecule has 0 radical (unpaired) electrons. The zero-order valence-electron chi connectivity index (χ0n) is 13.8. The van der Waals surface area contributed by atoms with Crippen molar-refractivity contribution in [2.24, 2.45) is 0 Å². The summed E-state index contributed by atoms with van der Waals surface area (Å²) in [6, 6.07) is 15.3. The molecule has 2 aliphatic rings. The Kier molecular flexibility index (Phi) is 4.67. The van der Waals surface area contributed by atoms with Gasteiger partial charge in [-0.3, -0.25) is 0 Å². The standard InChI is InChI=1S/C20H23NO3/c1-2-6-16-12-18(11-15(16)5-1)21-9-4-10-23-19-8-3-7-17-13-22-14-24-20(17)19/h1-3,5-8,18,21H,4,9-14H2. The summed E-state index contributed by atoms with van der Waals surface area (Å²) in [4.78, 5) is 0. The van der Waals surface area contributed by atoms with Crippen molar-refractivity contribution < 1.29 is 14.2 Å². The van der Waals surface area contributed by atoms with Gasteiger partial charge >= 0.3 is 0 Å². The molecule has 0 saturated heterocycles. The number of para-hydroxylation sites is 1. The van der Waals surface area contributed by atoms with Gasteiger partial charge in [-0.2, -0.15) is 0 Å². The molecule has 4 heteroatoms. The molecule has 1 N–H and O–H groups in total. The summed E-state index contributed by atoms with van der Waals surface area (Å²) in [5, 5.41) is 3.65.